The molecule has 0 bridgehead atoms. The normalized spacial score (nSPS) is 16.7. The van der Waals surface area contributed by atoms with Crippen LogP contribution in [0.1, 0.15) is 11.1 Å². The lowest BCUT2D eigenvalue weighted by molar-refractivity contribution is 1.29. The summed E-state index contributed by atoms with van der Waals surface area (Å²) in [6, 6.07) is 36.0. The second kappa shape index (κ2) is 5.89. The quantitative estimate of drug-likeness (QED) is 0.398. The van der Waals surface area contributed by atoms with Gasteiger partial charge in [0, 0.05) is 17.1 Å². The first-order valence-electron chi connectivity index (χ1n) is 11.1. The first-order chi connectivity index (χ1) is 15.2. The summed E-state index contributed by atoms with van der Waals surface area (Å²) < 4.78 is 0. The van der Waals surface area contributed by atoms with E-state index in [-0.39, 0.29) is 0 Å². The van der Waals surface area contributed by atoms with Gasteiger partial charge in [0.05, 0.1) is 0 Å². The summed E-state index contributed by atoms with van der Waals surface area (Å²) in [5.74, 6) is 0. The van der Waals surface area contributed by atoms with E-state index in [4.69, 9.17) is 0 Å². The second-order valence-electron chi connectivity index (χ2n) is 9.36. The molecule has 3 aliphatic rings. The Morgan fingerprint density at radius 3 is 2.19 bits per heavy atom. The fourth-order valence-corrected chi connectivity index (χ4v) is 9.81. The van der Waals surface area contributed by atoms with Gasteiger partial charge in [-0.1, -0.05) is 96.6 Å². The summed E-state index contributed by atoms with van der Waals surface area (Å²) >= 11 is 0. The van der Waals surface area contributed by atoms with Gasteiger partial charge in [-0.3, -0.25) is 0 Å². The predicted molar refractivity (Wildman–Crippen MR) is 137 cm³/mol. The number of anilines is 3. The van der Waals surface area contributed by atoms with Crippen molar-refractivity contribution in [1.29, 1.82) is 0 Å². The molecule has 3 heteroatoms. The molecular formula is C28H22BNSi. The molecule has 0 saturated carbocycles. The van der Waals surface area contributed by atoms with Crippen LogP contribution in [-0.4, -0.2) is 14.8 Å². The Hall–Kier alpha value is -3.30. The summed E-state index contributed by atoms with van der Waals surface area (Å²) in [7, 11) is -1.76. The van der Waals surface area contributed by atoms with E-state index in [0.29, 0.717) is 6.71 Å². The summed E-state index contributed by atoms with van der Waals surface area (Å²) in [4.78, 5) is 2.47. The fraction of sp³-hybridized carbons (Fsp3) is 0.0714. The largest absolute Gasteiger partial charge is 0.312 e. The molecule has 0 aromatic heterocycles. The van der Waals surface area contributed by atoms with Gasteiger partial charge >= 0.3 is 0 Å². The zero-order chi connectivity index (χ0) is 20.7. The van der Waals surface area contributed by atoms with E-state index in [0.717, 1.165) is 0 Å². The Labute approximate surface area is 184 Å². The molecule has 0 spiro atoms. The molecule has 0 aliphatic carbocycles. The van der Waals surface area contributed by atoms with Crippen molar-refractivity contribution >= 4 is 58.6 Å². The van der Waals surface area contributed by atoms with E-state index in [1.165, 1.54) is 39.1 Å². The van der Waals surface area contributed by atoms with Crippen molar-refractivity contribution in [3.05, 3.63) is 108 Å². The number of para-hydroxylation sites is 2. The van der Waals surface area contributed by atoms with Gasteiger partial charge in [0.25, 0.3) is 0 Å². The average molecular weight is 411 g/mol. The molecule has 0 unspecified atom stereocenters. The number of fused-ring (bicyclic) bond motifs is 6. The zero-order valence-electron chi connectivity index (χ0n) is 17.8. The number of rotatable bonds is 1. The molecule has 146 valence electrons. The van der Waals surface area contributed by atoms with Gasteiger partial charge in [-0.25, -0.2) is 0 Å². The Balaban J connectivity index is 1.59. The Morgan fingerprint density at radius 2 is 1.32 bits per heavy atom. The molecule has 31 heavy (non-hydrogen) atoms. The number of hydrogen-bond acceptors (Lipinski definition) is 1. The molecule has 1 nitrogen and oxygen atoms in total. The smallest absolute Gasteiger partial charge is 0.248 e. The standard InChI is InChI=1S/C28H22BNSi/c1-31(2)25-18-9-6-13-20(25)27-28(31)21-14-10-17-24-26(21)29(27)22-15-7-8-16-23(22)30(24)19-11-4-3-5-12-19/h3-18H,1-2H3. The van der Waals surface area contributed by atoms with Crippen LogP contribution in [0.2, 0.25) is 13.1 Å². The molecule has 7 rings (SSSR count). The maximum atomic E-state index is 2.53. The van der Waals surface area contributed by atoms with Crippen LogP contribution in [0.15, 0.2) is 97.1 Å². The van der Waals surface area contributed by atoms with Crippen molar-refractivity contribution in [3.63, 3.8) is 0 Å². The van der Waals surface area contributed by atoms with Gasteiger partial charge in [0.2, 0.25) is 6.71 Å². The van der Waals surface area contributed by atoms with Crippen molar-refractivity contribution in [2.45, 2.75) is 13.1 Å². The van der Waals surface area contributed by atoms with Crippen molar-refractivity contribution in [3.8, 4) is 0 Å². The molecule has 0 saturated heterocycles. The maximum Gasteiger partial charge on any atom is 0.248 e. The molecule has 4 aromatic rings. The SMILES string of the molecule is C[Si]1(C)C2=C(B3c4ccccc4N(c4ccccc4)c4cccc2c43)c2ccccc21. The van der Waals surface area contributed by atoms with Crippen molar-refractivity contribution in [2.75, 3.05) is 4.90 Å². The van der Waals surface area contributed by atoms with Crippen LogP contribution < -0.4 is 21.0 Å². The topological polar surface area (TPSA) is 3.24 Å². The van der Waals surface area contributed by atoms with Crippen LogP contribution in [0.3, 0.4) is 0 Å². The van der Waals surface area contributed by atoms with Crippen LogP contribution in [0.25, 0.3) is 10.7 Å². The van der Waals surface area contributed by atoms with Crippen molar-refractivity contribution in [2.24, 2.45) is 0 Å². The van der Waals surface area contributed by atoms with Gasteiger partial charge in [-0.2, -0.15) is 0 Å². The highest BCUT2D eigenvalue weighted by Crippen LogP contribution is 2.49. The van der Waals surface area contributed by atoms with E-state index in [9.17, 15) is 0 Å². The molecule has 3 aliphatic heterocycles. The van der Waals surface area contributed by atoms with Gasteiger partial charge in [0.1, 0.15) is 8.07 Å². The Morgan fingerprint density at radius 1 is 0.645 bits per heavy atom. The number of hydrogen-bond donors (Lipinski definition) is 0. The molecule has 0 atom stereocenters. The summed E-state index contributed by atoms with van der Waals surface area (Å²) in [6.07, 6.45) is 0. The van der Waals surface area contributed by atoms with Crippen molar-refractivity contribution < 1.29 is 0 Å². The van der Waals surface area contributed by atoms with E-state index < -0.39 is 8.07 Å². The van der Waals surface area contributed by atoms with Crippen LogP contribution >= 0.6 is 0 Å². The third-order valence-electron chi connectivity index (χ3n) is 7.46. The fourth-order valence-electron chi connectivity index (χ4n) is 6.30. The van der Waals surface area contributed by atoms with Crippen LogP contribution in [0, 0.1) is 0 Å². The monoisotopic (exact) mass is 411 g/mol. The average Bonchev–Trinajstić information content (AvgIpc) is 3.28. The van der Waals surface area contributed by atoms with Crippen LogP contribution in [0.5, 0.6) is 0 Å². The lowest BCUT2D eigenvalue weighted by atomic mass is 9.35. The molecule has 0 radical (unpaired) electrons. The van der Waals surface area contributed by atoms with E-state index in [1.807, 2.05) is 0 Å². The van der Waals surface area contributed by atoms with Crippen molar-refractivity contribution in [1.82, 2.24) is 0 Å². The Bertz CT molecular complexity index is 1420. The highest BCUT2D eigenvalue weighted by Gasteiger charge is 2.52. The van der Waals surface area contributed by atoms with Gasteiger partial charge in [0.15, 0.2) is 0 Å². The molecular weight excluding hydrogens is 389 g/mol. The van der Waals surface area contributed by atoms with E-state index in [2.05, 4.69) is 115 Å². The molecule has 4 aromatic carbocycles. The molecule has 0 fully saturated rings. The summed E-state index contributed by atoms with van der Waals surface area (Å²) in [6.45, 7) is 5.39. The predicted octanol–water partition coefficient (Wildman–Crippen LogP) is 5.01. The zero-order valence-corrected chi connectivity index (χ0v) is 18.8. The van der Waals surface area contributed by atoms with Gasteiger partial charge in [-0.05, 0) is 51.5 Å². The first kappa shape index (κ1) is 17.4. The highest BCUT2D eigenvalue weighted by molar-refractivity contribution is 7.18. The summed E-state index contributed by atoms with van der Waals surface area (Å²) in [5.41, 5.74) is 11.4. The Kier molecular flexibility index (Phi) is 3.31. The molecule has 3 heterocycles. The third-order valence-corrected chi connectivity index (χ3v) is 11.0. The number of benzene rings is 4. The second-order valence-corrected chi connectivity index (χ2v) is 13.6. The van der Waals surface area contributed by atoms with E-state index >= 15 is 0 Å². The minimum Gasteiger partial charge on any atom is -0.312 e. The minimum atomic E-state index is -1.76. The molecule has 0 N–H and O–H groups in total. The molecule has 0 amide bonds. The number of nitrogens with zero attached hydrogens (tertiary/aromatic N) is 1. The maximum absolute atomic E-state index is 2.53. The van der Waals surface area contributed by atoms with Crippen LogP contribution in [-0.2, 0) is 0 Å². The van der Waals surface area contributed by atoms with Crippen LogP contribution in [0.4, 0.5) is 17.1 Å². The lowest BCUT2D eigenvalue weighted by Crippen LogP contribution is -2.51. The highest BCUT2D eigenvalue weighted by atomic mass is 28.3. The first-order valence-corrected chi connectivity index (χ1v) is 14.1. The summed E-state index contributed by atoms with van der Waals surface area (Å²) in [5, 5.41) is 3.25. The van der Waals surface area contributed by atoms with Gasteiger partial charge < -0.3 is 4.90 Å². The third kappa shape index (κ3) is 2.07. The minimum absolute atomic E-state index is 0.327. The van der Waals surface area contributed by atoms with Gasteiger partial charge in [-0.15, -0.1) is 0 Å². The lowest BCUT2D eigenvalue weighted by Gasteiger charge is -2.37. The van der Waals surface area contributed by atoms with E-state index in [1.54, 1.807) is 15.9 Å².